The van der Waals surface area contributed by atoms with E-state index in [1.165, 1.54) is 11.3 Å². The molecule has 8 nitrogen and oxygen atoms in total. The van der Waals surface area contributed by atoms with Crippen molar-refractivity contribution in [1.29, 1.82) is 0 Å². The Labute approximate surface area is 173 Å². The van der Waals surface area contributed by atoms with Gasteiger partial charge in [-0.1, -0.05) is 29.0 Å². The number of thiazole rings is 1. The molecule has 0 saturated carbocycles. The van der Waals surface area contributed by atoms with Crippen LogP contribution in [0.3, 0.4) is 0 Å². The quantitative estimate of drug-likeness (QED) is 0.594. The van der Waals surface area contributed by atoms with E-state index in [2.05, 4.69) is 20.7 Å². The Kier molecular flexibility index (Phi) is 5.72. The van der Waals surface area contributed by atoms with Gasteiger partial charge in [-0.25, -0.2) is 4.68 Å². The van der Waals surface area contributed by atoms with Crippen molar-refractivity contribution in [2.24, 2.45) is 0 Å². The highest BCUT2D eigenvalue weighted by molar-refractivity contribution is 7.22. The fourth-order valence-electron chi connectivity index (χ4n) is 2.68. The van der Waals surface area contributed by atoms with E-state index < -0.39 is 11.6 Å². The summed E-state index contributed by atoms with van der Waals surface area (Å²) in [6.07, 6.45) is 0. The average Bonchev–Trinajstić information content (AvgIpc) is 3.19. The van der Waals surface area contributed by atoms with E-state index in [0.717, 1.165) is 5.56 Å². The molecule has 154 valence electrons. The summed E-state index contributed by atoms with van der Waals surface area (Å²) in [6.45, 7) is 9.37. The third kappa shape index (κ3) is 4.46. The number of nitrogens with zero attached hydrogens (tertiary/aromatic N) is 3. The van der Waals surface area contributed by atoms with Gasteiger partial charge in [-0.2, -0.15) is 10.1 Å². The maximum absolute atomic E-state index is 12.6. The van der Waals surface area contributed by atoms with Crippen LogP contribution < -0.4 is 10.6 Å². The molecule has 3 rings (SSSR count). The van der Waals surface area contributed by atoms with E-state index in [9.17, 15) is 14.7 Å². The van der Waals surface area contributed by atoms with Crippen LogP contribution in [0.1, 0.15) is 54.1 Å². The summed E-state index contributed by atoms with van der Waals surface area (Å²) in [5.74, 6) is -0.656. The van der Waals surface area contributed by atoms with Crippen molar-refractivity contribution in [2.45, 2.75) is 46.2 Å². The minimum atomic E-state index is -0.411. The van der Waals surface area contributed by atoms with Crippen molar-refractivity contribution in [2.75, 3.05) is 11.9 Å². The summed E-state index contributed by atoms with van der Waals surface area (Å²) >= 11 is 1.20. The van der Waals surface area contributed by atoms with Gasteiger partial charge < -0.3 is 10.4 Å². The van der Waals surface area contributed by atoms with Crippen LogP contribution in [0, 0.1) is 6.92 Å². The first-order valence-corrected chi connectivity index (χ1v) is 10.1. The zero-order valence-electron chi connectivity index (χ0n) is 17.1. The second-order valence-corrected chi connectivity index (χ2v) is 8.98. The molecule has 1 atom stereocenters. The molecule has 0 unspecified atom stereocenters. The first kappa shape index (κ1) is 20.9. The van der Waals surface area contributed by atoms with Crippen molar-refractivity contribution in [1.82, 2.24) is 20.1 Å². The lowest BCUT2D eigenvalue weighted by molar-refractivity contribution is 0.0917. The minimum Gasteiger partial charge on any atom is -0.394 e. The Morgan fingerprint density at radius 2 is 1.86 bits per heavy atom. The van der Waals surface area contributed by atoms with E-state index in [0.29, 0.717) is 21.0 Å². The molecule has 0 aliphatic rings. The largest absolute Gasteiger partial charge is 0.394 e. The molecule has 0 bridgehead atoms. The summed E-state index contributed by atoms with van der Waals surface area (Å²) in [5.41, 5.74) is 1.94. The van der Waals surface area contributed by atoms with Gasteiger partial charge in [0.25, 0.3) is 11.8 Å². The predicted molar refractivity (Wildman–Crippen MR) is 114 cm³/mol. The number of amides is 2. The van der Waals surface area contributed by atoms with Gasteiger partial charge in [0.1, 0.15) is 4.70 Å². The smallest absolute Gasteiger partial charge is 0.273 e. The minimum absolute atomic E-state index is 0.171. The number of aryl methyl sites for hydroxylation is 1. The molecule has 1 aromatic carbocycles. The molecule has 0 radical (unpaired) electrons. The van der Waals surface area contributed by atoms with Crippen molar-refractivity contribution in [3.05, 3.63) is 41.1 Å². The maximum Gasteiger partial charge on any atom is 0.273 e. The van der Waals surface area contributed by atoms with Crippen molar-refractivity contribution < 1.29 is 14.7 Å². The number of rotatable bonds is 5. The first-order valence-electron chi connectivity index (χ1n) is 9.30. The van der Waals surface area contributed by atoms with Crippen LogP contribution in [-0.2, 0) is 5.54 Å². The summed E-state index contributed by atoms with van der Waals surface area (Å²) in [7, 11) is 0. The summed E-state index contributed by atoms with van der Waals surface area (Å²) in [6, 6.07) is 6.85. The van der Waals surface area contributed by atoms with Gasteiger partial charge in [-0.3, -0.25) is 14.9 Å². The number of hydrogen-bond acceptors (Lipinski definition) is 6. The van der Waals surface area contributed by atoms with Gasteiger partial charge in [-0.05, 0) is 46.8 Å². The van der Waals surface area contributed by atoms with E-state index in [1.807, 2.05) is 39.8 Å². The predicted octanol–water partition coefficient (Wildman–Crippen LogP) is 2.92. The number of aromatic nitrogens is 3. The number of hydrogen-bond donors (Lipinski definition) is 3. The van der Waals surface area contributed by atoms with E-state index >= 15 is 0 Å². The standard InChI is InChI=1S/C20H25N5O3S/c1-11-6-8-13(9-7-11)17(27)23-19-22-16-15(29-19)14(18(28)21-12(2)10-26)24-25(16)20(3,4)5/h6-9,12,26H,10H2,1-5H3,(H,21,28)(H,22,23,27)/t12-/m1/s1. The summed E-state index contributed by atoms with van der Waals surface area (Å²) in [5, 5.41) is 19.6. The van der Waals surface area contributed by atoms with Gasteiger partial charge in [0.05, 0.1) is 12.1 Å². The fourth-order valence-corrected chi connectivity index (χ4v) is 3.61. The highest BCUT2D eigenvalue weighted by Crippen LogP contribution is 2.32. The van der Waals surface area contributed by atoms with E-state index in [4.69, 9.17) is 0 Å². The molecule has 2 amide bonds. The number of aliphatic hydroxyl groups is 1. The number of carbonyl (C=O) groups excluding carboxylic acids is 2. The second-order valence-electron chi connectivity index (χ2n) is 7.98. The molecule has 29 heavy (non-hydrogen) atoms. The van der Waals surface area contributed by atoms with E-state index in [1.54, 1.807) is 23.7 Å². The highest BCUT2D eigenvalue weighted by Gasteiger charge is 2.27. The van der Waals surface area contributed by atoms with Crippen LogP contribution in [0.2, 0.25) is 0 Å². The molecule has 3 N–H and O–H groups in total. The summed E-state index contributed by atoms with van der Waals surface area (Å²) in [4.78, 5) is 29.7. The Hall–Kier alpha value is -2.78. The molecule has 0 aliphatic carbocycles. The normalized spacial score (nSPS) is 12.8. The zero-order chi connectivity index (χ0) is 21.3. The SMILES string of the molecule is Cc1ccc(C(=O)Nc2nc3c(s2)c(C(=O)N[C@H](C)CO)nn3C(C)(C)C)cc1. The Balaban J connectivity index is 1.97. The molecule has 0 fully saturated rings. The number of fused-ring (bicyclic) bond motifs is 1. The first-order chi connectivity index (χ1) is 13.6. The average molecular weight is 416 g/mol. The molecule has 2 heterocycles. The molecular formula is C20H25N5O3S. The number of benzene rings is 1. The number of nitrogens with one attached hydrogen (secondary N) is 2. The fraction of sp³-hybridized carbons (Fsp3) is 0.400. The van der Waals surface area contributed by atoms with Crippen LogP contribution in [0.15, 0.2) is 24.3 Å². The van der Waals surface area contributed by atoms with Crippen LogP contribution >= 0.6 is 11.3 Å². The number of carbonyl (C=O) groups is 2. The van der Waals surface area contributed by atoms with Gasteiger partial charge in [0.15, 0.2) is 16.5 Å². The van der Waals surface area contributed by atoms with E-state index in [-0.39, 0.29) is 24.1 Å². The molecule has 0 aliphatic heterocycles. The molecule has 0 saturated heterocycles. The molecule has 3 aromatic rings. The molecule has 9 heteroatoms. The third-order valence-electron chi connectivity index (χ3n) is 4.26. The van der Waals surface area contributed by atoms with Crippen LogP contribution in [0.5, 0.6) is 0 Å². The van der Waals surface area contributed by atoms with Crippen molar-refractivity contribution >= 4 is 38.6 Å². The Bertz CT molecular complexity index is 1050. The Morgan fingerprint density at radius 1 is 1.21 bits per heavy atom. The van der Waals surface area contributed by atoms with Gasteiger partial charge in [0.2, 0.25) is 0 Å². The molecule has 2 aromatic heterocycles. The second kappa shape index (κ2) is 7.92. The topological polar surface area (TPSA) is 109 Å². The lowest BCUT2D eigenvalue weighted by atomic mass is 10.1. The van der Waals surface area contributed by atoms with Crippen molar-refractivity contribution in [3.63, 3.8) is 0 Å². The lowest BCUT2D eigenvalue weighted by Crippen LogP contribution is -2.35. The monoisotopic (exact) mass is 415 g/mol. The van der Waals surface area contributed by atoms with Crippen LogP contribution in [-0.4, -0.2) is 44.3 Å². The van der Waals surface area contributed by atoms with Crippen LogP contribution in [0.4, 0.5) is 5.13 Å². The summed E-state index contributed by atoms with van der Waals surface area (Å²) < 4.78 is 2.26. The number of aliphatic hydroxyl groups excluding tert-OH is 1. The van der Waals surface area contributed by atoms with Gasteiger partial charge >= 0.3 is 0 Å². The highest BCUT2D eigenvalue weighted by atomic mass is 32.1. The Morgan fingerprint density at radius 3 is 2.45 bits per heavy atom. The van der Waals surface area contributed by atoms with Crippen molar-refractivity contribution in [3.8, 4) is 0 Å². The number of anilines is 1. The third-order valence-corrected chi connectivity index (χ3v) is 5.23. The lowest BCUT2D eigenvalue weighted by Gasteiger charge is -2.19. The molecule has 0 spiro atoms. The zero-order valence-corrected chi connectivity index (χ0v) is 17.9. The molecular weight excluding hydrogens is 390 g/mol. The van der Waals surface area contributed by atoms with Crippen LogP contribution in [0.25, 0.3) is 10.3 Å². The van der Waals surface area contributed by atoms with Gasteiger partial charge in [-0.15, -0.1) is 0 Å². The maximum atomic E-state index is 12.6. The van der Waals surface area contributed by atoms with Gasteiger partial charge in [0, 0.05) is 11.6 Å².